The Morgan fingerprint density at radius 1 is 1.36 bits per heavy atom. The molecule has 118 valence electrons. The fraction of sp³-hybridized carbons (Fsp3) is 0.333. The van der Waals surface area contributed by atoms with E-state index in [0.29, 0.717) is 21.1 Å². The molecule has 1 aromatic carbocycles. The summed E-state index contributed by atoms with van der Waals surface area (Å²) in [5.74, 6) is -0.397. The molecule has 22 heavy (non-hydrogen) atoms. The van der Waals surface area contributed by atoms with Gasteiger partial charge in [-0.05, 0) is 42.8 Å². The minimum Gasteiger partial charge on any atom is -0.494 e. The molecule has 0 radical (unpaired) electrons. The van der Waals surface area contributed by atoms with Crippen LogP contribution in [-0.2, 0) is 4.74 Å². The molecule has 0 saturated heterocycles. The molecule has 1 amide bonds. The van der Waals surface area contributed by atoms with Crippen molar-refractivity contribution in [3.05, 3.63) is 28.6 Å². The minimum absolute atomic E-state index is 0.101. The quantitative estimate of drug-likeness (QED) is 0.845. The molecule has 1 N–H and O–H groups in total. The van der Waals surface area contributed by atoms with Gasteiger partial charge >= 0.3 is 6.09 Å². The van der Waals surface area contributed by atoms with E-state index in [1.807, 2.05) is 0 Å². The molecule has 0 spiro atoms. The third-order valence-electron chi connectivity index (χ3n) is 2.71. The average molecular weight is 371 g/mol. The fourth-order valence-corrected chi connectivity index (χ4v) is 2.34. The van der Waals surface area contributed by atoms with Crippen LogP contribution >= 0.6 is 15.9 Å². The van der Waals surface area contributed by atoms with Crippen molar-refractivity contribution in [2.24, 2.45) is 0 Å². The molecule has 0 saturated carbocycles. The maximum Gasteiger partial charge on any atom is 0.412 e. The summed E-state index contributed by atoms with van der Waals surface area (Å²) in [5, 5.41) is 3.22. The van der Waals surface area contributed by atoms with Gasteiger partial charge in [-0.25, -0.2) is 9.18 Å². The van der Waals surface area contributed by atoms with Gasteiger partial charge in [-0.1, -0.05) is 0 Å². The van der Waals surface area contributed by atoms with Crippen LogP contribution in [0.5, 0.6) is 5.75 Å². The number of carbonyl (C=O) groups is 1. The lowest BCUT2D eigenvalue weighted by molar-refractivity contribution is 0.0636. The number of nitrogens with zero attached hydrogens (tertiary/aromatic N) is 1. The third kappa shape index (κ3) is 3.65. The smallest absolute Gasteiger partial charge is 0.412 e. The number of rotatable bonds is 2. The van der Waals surface area contributed by atoms with Crippen LogP contribution in [0.2, 0.25) is 0 Å². The van der Waals surface area contributed by atoms with Crippen molar-refractivity contribution >= 4 is 38.6 Å². The Morgan fingerprint density at radius 2 is 2.05 bits per heavy atom. The number of aromatic nitrogens is 1. The van der Waals surface area contributed by atoms with Crippen molar-refractivity contribution in [2.45, 2.75) is 26.4 Å². The standard InChI is InChI=1S/C15H16BrFN2O3/c1-15(2,3)22-14(20)19-11-7-18-10-6-9(17)12(21-4)5-8(10)13(11)16/h5-7H,1-4H3,(H,19,20). The number of amides is 1. The first-order valence-corrected chi connectivity index (χ1v) is 7.32. The van der Waals surface area contributed by atoms with Crippen LogP contribution in [0.4, 0.5) is 14.9 Å². The zero-order valence-corrected chi connectivity index (χ0v) is 14.2. The van der Waals surface area contributed by atoms with Gasteiger partial charge in [0.2, 0.25) is 0 Å². The van der Waals surface area contributed by atoms with Crippen molar-refractivity contribution in [3.8, 4) is 5.75 Å². The SMILES string of the molecule is COc1cc2c(Br)c(NC(=O)OC(C)(C)C)cnc2cc1F. The summed E-state index contributed by atoms with van der Waals surface area (Å²) in [4.78, 5) is 16.0. The lowest BCUT2D eigenvalue weighted by atomic mass is 10.2. The minimum atomic E-state index is -0.604. The van der Waals surface area contributed by atoms with Crippen LogP contribution in [0.3, 0.4) is 0 Å². The number of pyridine rings is 1. The molecule has 0 fully saturated rings. The Labute approximate surface area is 135 Å². The van der Waals surface area contributed by atoms with Gasteiger partial charge in [-0.15, -0.1) is 0 Å². The lowest BCUT2D eigenvalue weighted by Gasteiger charge is -2.20. The monoisotopic (exact) mass is 370 g/mol. The molecular weight excluding hydrogens is 355 g/mol. The highest BCUT2D eigenvalue weighted by Crippen LogP contribution is 2.33. The van der Waals surface area contributed by atoms with E-state index in [9.17, 15) is 9.18 Å². The second kappa shape index (κ2) is 6.08. The zero-order valence-electron chi connectivity index (χ0n) is 12.7. The normalized spacial score (nSPS) is 11.4. The number of nitrogens with one attached hydrogen (secondary N) is 1. The van der Waals surface area contributed by atoms with Crippen LogP contribution in [0.15, 0.2) is 22.8 Å². The van der Waals surface area contributed by atoms with Crippen LogP contribution < -0.4 is 10.1 Å². The number of hydrogen-bond donors (Lipinski definition) is 1. The van der Waals surface area contributed by atoms with Crippen LogP contribution in [0.1, 0.15) is 20.8 Å². The Balaban J connectivity index is 2.38. The van der Waals surface area contributed by atoms with E-state index in [2.05, 4.69) is 26.2 Å². The largest absolute Gasteiger partial charge is 0.494 e. The summed E-state index contributed by atoms with van der Waals surface area (Å²) >= 11 is 3.39. The summed E-state index contributed by atoms with van der Waals surface area (Å²) in [6.45, 7) is 5.32. The first-order valence-electron chi connectivity index (χ1n) is 6.53. The maximum atomic E-state index is 13.7. The summed E-state index contributed by atoms with van der Waals surface area (Å²) in [6.07, 6.45) is 0.839. The van der Waals surface area contributed by atoms with E-state index in [-0.39, 0.29) is 5.75 Å². The molecule has 0 atom stereocenters. The van der Waals surface area contributed by atoms with E-state index in [4.69, 9.17) is 9.47 Å². The van der Waals surface area contributed by atoms with E-state index >= 15 is 0 Å². The number of fused-ring (bicyclic) bond motifs is 1. The van der Waals surface area contributed by atoms with E-state index < -0.39 is 17.5 Å². The van der Waals surface area contributed by atoms with E-state index in [1.165, 1.54) is 25.4 Å². The van der Waals surface area contributed by atoms with Gasteiger partial charge in [0.15, 0.2) is 11.6 Å². The fourth-order valence-electron chi connectivity index (χ4n) is 1.82. The molecule has 0 unspecified atom stereocenters. The molecule has 0 aliphatic carbocycles. The predicted molar refractivity (Wildman–Crippen MR) is 85.8 cm³/mol. The molecule has 0 bridgehead atoms. The topological polar surface area (TPSA) is 60.5 Å². The summed E-state index contributed by atoms with van der Waals surface area (Å²) in [7, 11) is 1.38. The van der Waals surface area contributed by atoms with Gasteiger partial charge in [0, 0.05) is 11.5 Å². The van der Waals surface area contributed by atoms with Gasteiger partial charge in [0.25, 0.3) is 0 Å². The highest BCUT2D eigenvalue weighted by Gasteiger charge is 2.18. The Bertz CT molecular complexity index is 729. The van der Waals surface area contributed by atoms with Crippen LogP contribution in [0, 0.1) is 5.82 Å². The number of halogens is 2. The molecule has 5 nitrogen and oxygen atoms in total. The number of methoxy groups -OCH3 is 1. The van der Waals surface area contributed by atoms with Crippen LogP contribution in [0.25, 0.3) is 10.9 Å². The summed E-state index contributed by atoms with van der Waals surface area (Å²) in [5.41, 5.74) is 0.267. The molecule has 2 rings (SSSR count). The second-order valence-electron chi connectivity index (χ2n) is 5.62. The number of carbonyl (C=O) groups excluding carboxylic acids is 1. The van der Waals surface area contributed by atoms with Crippen molar-refractivity contribution < 1.29 is 18.7 Å². The molecule has 7 heteroatoms. The van der Waals surface area contributed by atoms with E-state index in [0.717, 1.165) is 0 Å². The van der Waals surface area contributed by atoms with Crippen molar-refractivity contribution in [1.29, 1.82) is 0 Å². The molecular formula is C15H16BrFN2O3. The molecule has 1 aromatic heterocycles. The molecule has 1 heterocycles. The number of hydrogen-bond acceptors (Lipinski definition) is 4. The van der Waals surface area contributed by atoms with E-state index in [1.54, 1.807) is 20.8 Å². The number of ether oxygens (including phenoxy) is 2. The Morgan fingerprint density at radius 3 is 2.64 bits per heavy atom. The summed E-state index contributed by atoms with van der Waals surface area (Å²) < 4.78 is 24.4. The van der Waals surface area contributed by atoms with Gasteiger partial charge in [0.1, 0.15) is 5.60 Å². The van der Waals surface area contributed by atoms with Crippen molar-refractivity contribution in [2.75, 3.05) is 12.4 Å². The zero-order chi connectivity index (χ0) is 16.5. The number of anilines is 1. The highest BCUT2D eigenvalue weighted by molar-refractivity contribution is 9.10. The molecule has 2 aromatic rings. The Kier molecular flexibility index (Phi) is 4.55. The molecule has 0 aliphatic rings. The number of benzene rings is 1. The van der Waals surface area contributed by atoms with Gasteiger partial charge in [-0.2, -0.15) is 0 Å². The van der Waals surface area contributed by atoms with Crippen molar-refractivity contribution in [3.63, 3.8) is 0 Å². The average Bonchev–Trinajstić information content (AvgIpc) is 2.39. The maximum absolute atomic E-state index is 13.7. The van der Waals surface area contributed by atoms with Gasteiger partial charge < -0.3 is 9.47 Å². The lowest BCUT2D eigenvalue weighted by Crippen LogP contribution is -2.27. The third-order valence-corrected chi connectivity index (χ3v) is 3.57. The second-order valence-corrected chi connectivity index (χ2v) is 6.41. The first-order chi connectivity index (χ1) is 10.2. The first kappa shape index (κ1) is 16.5. The predicted octanol–water partition coefficient (Wildman–Crippen LogP) is 4.49. The van der Waals surface area contributed by atoms with Crippen molar-refractivity contribution in [1.82, 2.24) is 4.98 Å². The Hall–Kier alpha value is -1.89. The van der Waals surface area contributed by atoms with Crippen LogP contribution in [-0.4, -0.2) is 23.8 Å². The summed E-state index contributed by atoms with van der Waals surface area (Å²) in [6, 6.07) is 2.79. The highest BCUT2D eigenvalue weighted by atomic mass is 79.9. The molecule has 0 aliphatic heterocycles. The van der Waals surface area contributed by atoms with Gasteiger partial charge in [0.05, 0.1) is 29.0 Å². The van der Waals surface area contributed by atoms with Gasteiger partial charge in [-0.3, -0.25) is 10.3 Å².